The van der Waals surface area contributed by atoms with E-state index in [0.717, 1.165) is 25.0 Å². The number of ether oxygens (including phenoxy) is 1. The van der Waals surface area contributed by atoms with Gasteiger partial charge in [0.05, 0.1) is 6.61 Å². The molecule has 1 aromatic carbocycles. The fourth-order valence-electron chi connectivity index (χ4n) is 2.10. The summed E-state index contributed by atoms with van der Waals surface area (Å²) in [5.41, 5.74) is 2.80. The molecule has 0 bridgehead atoms. The van der Waals surface area contributed by atoms with Gasteiger partial charge in [0.25, 0.3) is 0 Å². The van der Waals surface area contributed by atoms with Crippen molar-refractivity contribution in [1.82, 2.24) is 0 Å². The second kappa shape index (κ2) is 9.88. The van der Waals surface area contributed by atoms with Gasteiger partial charge in [-0.25, -0.2) is 0 Å². The highest BCUT2D eigenvalue weighted by Gasteiger charge is 2.21. The molecule has 0 amide bonds. The third-order valence-electron chi connectivity index (χ3n) is 3.19. The monoisotopic (exact) mass is 293 g/mol. The van der Waals surface area contributed by atoms with Crippen molar-refractivity contribution in [3.05, 3.63) is 42.0 Å². The molecule has 1 atom stereocenters. The summed E-state index contributed by atoms with van der Waals surface area (Å²) in [5.74, 6) is 0. The van der Waals surface area contributed by atoms with Gasteiger partial charge in [0.1, 0.15) is 0 Å². The Labute approximate surface area is 124 Å². The number of hydrogen-bond donors (Lipinski definition) is 0. The molecule has 1 unspecified atom stereocenters. The molecule has 0 spiro atoms. The zero-order valence-corrected chi connectivity index (χ0v) is 13.7. The van der Waals surface area contributed by atoms with E-state index >= 15 is 0 Å². The molecular weight excluding hydrogens is 268 g/mol. The molecule has 0 heterocycles. The lowest BCUT2D eigenvalue weighted by Crippen LogP contribution is -2.24. The van der Waals surface area contributed by atoms with Crippen molar-refractivity contribution in [2.45, 2.75) is 31.9 Å². The maximum atomic E-state index is 5.71. The van der Waals surface area contributed by atoms with Gasteiger partial charge < -0.3 is 13.6 Å². The second-order valence-corrected chi connectivity index (χ2v) is 7.21. The van der Waals surface area contributed by atoms with Crippen LogP contribution in [-0.4, -0.2) is 30.1 Å². The van der Waals surface area contributed by atoms with Crippen molar-refractivity contribution in [2.75, 3.05) is 20.8 Å². The van der Waals surface area contributed by atoms with E-state index in [1.807, 2.05) is 18.2 Å². The smallest absolute Gasteiger partial charge is 0.387 e. The molecule has 4 heteroatoms. The highest BCUT2D eigenvalue weighted by molar-refractivity contribution is 6.46. The second-order valence-electron chi connectivity index (χ2n) is 4.77. The Bertz CT molecular complexity index is 391. The van der Waals surface area contributed by atoms with Gasteiger partial charge in [0.15, 0.2) is 0 Å². The van der Waals surface area contributed by atoms with Gasteiger partial charge in [-0.1, -0.05) is 37.8 Å². The van der Waals surface area contributed by atoms with Gasteiger partial charge in [-0.3, -0.25) is 0 Å². The number of benzene rings is 1. The lowest BCUT2D eigenvalue weighted by molar-refractivity contribution is 0.116. The molecule has 1 radical (unpaired) electrons. The third kappa shape index (κ3) is 6.01. The predicted molar refractivity (Wildman–Crippen MR) is 84.6 cm³/mol. The molecule has 0 aromatic heterocycles. The molecule has 1 rings (SSSR count). The van der Waals surface area contributed by atoms with Crippen molar-refractivity contribution in [2.24, 2.45) is 0 Å². The minimum Gasteiger partial charge on any atom is -0.397 e. The van der Waals surface area contributed by atoms with E-state index in [1.165, 1.54) is 5.56 Å². The molecule has 0 aliphatic heterocycles. The molecule has 0 fully saturated rings. The summed E-state index contributed by atoms with van der Waals surface area (Å²) in [7, 11) is 2.32. The van der Waals surface area contributed by atoms with Gasteiger partial charge in [-0.2, -0.15) is 0 Å². The van der Waals surface area contributed by atoms with E-state index in [4.69, 9.17) is 13.6 Å². The minimum atomic E-state index is -1.12. The molecule has 111 valence electrons. The topological polar surface area (TPSA) is 27.7 Å². The Kier molecular flexibility index (Phi) is 8.45. The maximum Gasteiger partial charge on any atom is 0.387 e. The van der Waals surface area contributed by atoms with Gasteiger partial charge in [0.2, 0.25) is 0 Å². The Morgan fingerprint density at radius 2 is 2.05 bits per heavy atom. The molecule has 0 saturated heterocycles. The summed E-state index contributed by atoms with van der Waals surface area (Å²) in [6.07, 6.45) is 3.95. The van der Waals surface area contributed by atoms with Crippen LogP contribution in [0.15, 0.2) is 30.8 Å². The largest absolute Gasteiger partial charge is 0.397 e. The molecule has 0 saturated carbocycles. The average Bonchev–Trinajstić information content (AvgIpc) is 2.48. The van der Waals surface area contributed by atoms with Crippen LogP contribution in [0, 0.1) is 0 Å². The van der Waals surface area contributed by atoms with Crippen molar-refractivity contribution in [3.63, 3.8) is 0 Å². The zero-order valence-electron chi connectivity index (χ0n) is 12.7. The first-order chi connectivity index (χ1) is 9.71. The van der Waals surface area contributed by atoms with Crippen LogP contribution in [0.2, 0.25) is 5.54 Å². The van der Waals surface area contributed by atoms with Gasteiger partial charge in [-0.05, 0) is 30.0 Å². The molecule has 0 N–H and O–H groups in total. The Morgan fingerprint density at radius 1 is 1.30 bits per heavy atom. The SMILES string of the molecule is C=Cc1cccc(COCCCC(C)[Si](OC)OC)c1. The van der Waals surface area contributed by atoms with Gasteiger partial charge in [-0.15, -0.1) is 0 Å². The van der Waals surface area contributed by atoms with Crippen LogP contribution in [0.1, 0.15) is 30.9 Å². The van der Waals surface area contributed by atoms with Crippen LogP contribution in [0.25, 0.3) is 6.08 Å². The van der Waals surface area contributed by atoms with E-state index in [9.17, 15) is 0 Å². The van der Waals surface area contributed by atoms with Crippen LogP contribution < -0.4 is 0 Å². The normalized spacial score (nSPS) is 12.6. The molecule has 0 aliphatic rings. The van der Waals surface area contributed by atoms with Crippen molar-refractivity contribution in [3.8, 4) is 0 Å². The Morgan fingerprint density at radius 3 is 2.70 bits per heavy atom. The van der Waals surface area contributed by atoms with E-state index in [2.05, 4.69) is 25.6 Å². The standard InChI is InChI=1S/C16H25O3Si/c1-5-15-9-6-10-16(12-15)13-19-11-7-8-14(2)20(17-3)18-4/h5-6,9-10,12,14H,1,7-8,11,13H2,2-4H3. The van der Waals surface area contributed by atoms with Crippen LogP contribution in [0.3, 0.4) is 0 Å². The Hall–Kier alpha value is -0.943. The summed E-state index contributed by atoms with van der Waals surface area (Å²) in [5, 5.41) is 0. The quantitative estimate of drug-likeness (QED) is 0.485. The lowest BCUT2D eigenvalue weighted by Gasteiger charge is -2.16. The van der Waals surface area contributed by atoms with E-state index in [1.54, 1.807) is 14.2 Å². The zero-order chi connectivity index (χ0) is 14.8. The summed E-state index contributed by atoms with van der Waals surface area (Å²) in [6, 6.07) is 8.25. The summed E-state index contributed by atoms with van der Waals surface area (Å²) >= 11 is 0. The van der Waals surface area contributed by atoms with Crippen molar-refractivity contribution >= 4 is 15.4 Å². The number of rotatable bonds is 10. The van der Waals surface area contributed by atoms with Crippen LogP contribution in [0.4, 0.5) is 0 Å². The fraction of sp³-hybridized carbons (Fsp3) is 0.500. The van der Waals surface area contributed by atoms with Crippen molar-refractivity contribution < 1.29 is 13.6 Å². The van der Waals surface area contributed by atoms with Crippen LogP contribution in [-0.2, 0) is 20.2 Å². The first-order valence-corrected chi connectivity index (χ1v) is 8.34. The third-order valence-corrected chi connectivity index (χ3v) is 5.08. The molecule has 0 aliphatic carbocycles. The van der Waals surface area contributed by atoms with Crippen LogP contribution >= 0.6 is 0 Å². The lowest BCUT2D eigenvalue weighted by atomic mass is 10.1. The average molecular weight is 293 g/mol. The summed E-state index contributed by atoms with van der Waals surface area (Å²) in [6.45, 7) is 7.37. The fourth-order valence-corrected chi connectivity index (χ4v) is 3.51. The van der Waals surface area contributed by atoms with Crippen LogP contribution in [0.5, 0.6) is 0 Å². The van der Waals surface area contributed by atoms with E-state index in [-0.39, 0.29) is 0 Å². The van der Waals surface area contributed by atoms with Gasteiger partial charge in [0, 0.05) is 26.4 Å². The van der Waals surface area contributed by atoms with E-state index in [0.29, 0.717) is 12.1 Å². The maximum absolute atomic E-state index is 5.71. The Balaban J connectivity index is 2.20. The molecule has 20 heavy (non-hydrogen) atoms. The summed E-state index contributed by atoms with van der Waals surface area (Å²) < 4.78 is 16.4. The molecule has 1 aromatic rings. The highest BCUT2D eigenvalue weighted by atomic mass is 28.3. The predicted octanol–water partition coefficient (Wildman–Crippen LogP) is 3.80. The minimum absolute atomic E-state index is 0.475. The molecule has 3 nitrogen and oxygen atoms in total. The highest BCUT2D eigenvalue weighted by Crippen LogP contribution is 2.17. The van der Waals surface area contributed by atoms with E-state index < -0.39 is 9.28 Å². The number of hydrogen-bond acceptors (Lipinski definition) is 3. The first kappa shape index (κ1) is 17.1. The van der Waals surface area contributed by atoms with Gasteiger partial charge >= 0.3 is 9.28 Å². The first-order valence-electron chi connectivity index (χ1n) is 6.95. The molecular formula is C16H25O3Si. The summed E-state index contributed by atoms with van der Waals surface area (Å²) in [4.78, 5) is 0. The van der Waals surface area contributed by atoms with Crippen molar-refractivity contribution in [1.29, 1.82) is 0 Å².